The Kier molecular flexibility index (Phi) is 5.46. The smallest absolute Gasteiger partial charge is 0.246 e. The van der Waals surface area contributed by atoms with Crippen LogP contribution in [0.25, 0.3) is 0 Å². The van der Waals surface area contributed by atoms with Crippen LogP contribution in [0, 0.1) is 13.8 Å². The number of sulfonamides is 1. The van der Waals surface area contributed by atoms with Gasteiger partial charge in [0.05, 0.1) is 17.3 Å². The molecule has 3 aromatic rings. The zero-order valence-electron chi connectivity index (χ0n) is 16.2. The summed E-state index contributed by atoms with van der Waals surface area (Å²) in [7, 11) is -3.64. The number of hydrogen-bond donors (Lipinski definition) is 1. The van der Waals surface area contributed by atoms with Crippen molar-refractivity contribution < 1.29 is 12.9 Å². The molecule has 0 aliphatic carbocycles. The van der Waals surface area contributed by atoms with Crippen molar-refractivity contribution in [1.82, 2.24) is 24.6 Å². The summed E-state index contributed by atoms with van der Waals surface area (Å²) in [5.74, 6) is 0.862. The fourth-order valence-corrected chi connectivity index (χ4v) is 5.79. The molecule has 0 bridgehead atoms. The van der Waals surface area contributed by atoms with Gasteiger partial charge in [-0.15, -0.1) is 0 Å². The third kappa shape index (κ3) is 3.94. The van der Waals surface area contributed by atoms with Gasteiger partial charge in [0, 0.05) is 24.5 Å². The Bertz CT molecular complexity index is 1110. The quantitative estimate of drug-likeness (QED) is 0.659. The molecule has 1 N–H and O–H groups in total. The fraction of sp³-hybridized carbons (Fsp3) is 0.421. The molecule has 0 amide bonds. The molecule has 2 aromatic heterocycles. The summed E-state index contributed by atoms with van der Waals surface area (Å²) >= 11 is 6.21. The fourth-order valence-electron chi connectivity index (χ4n) is 3.73. The van der Waals surface area contributed by atoms with Crippen molar-refractivity contribution >= 4 is 21.6 Å². The molecule has 8 nitrogen and oxygen atoms in total. The third-order valence-electron chi connectivity index (χ3n) is 5.18. The molecule has 4 rings (SSSR count). The number of H-pyrrole nitrogens is 1. The number of aromatic nitrogens is 4. The van der Waals surface area contributed by atoms with Crippen molar-refractivity contribution in [2.75, 3.05) is 13.1 Å². The highest BCUT2D eigenvalue weighted by Gasteiger charge is 2.35. The Morgan fingerprint density at radius 2 is 2.10 bits per heavy atom. The first-order chi connectivity index (χ1) is 13.9. The van der Waals surface area contributed by atoms with Crippen LogP contribution in [0.1, 0.15) is 47.4 Å². The second-order valence-corrected chi connectivity index (χ2v) is 9.56. The number of aromatic amines is 1. The molecular weight excluding hydrogens is 414 g/mol. The van der Waals surface area contributed by atoms with Gasteiger partial charge in [0.15, 0.2) is 5.82 Å². The van der Waals surface area contributed by atoms with Gasteiger partial charge in [-0.2, -0.15) is 14.4 Å². The predicted molar refractivity (Wildman–Crippen MR) is 107 cm³/mol. The number of rotatable bonds is 5. The highest BCUT2D eigenvalue weighted by atomic mass is 35.5. The minimum absolute atomic E-state index is 0.140. The summed E-state index contributed by atoms with van der Waals surface area (Å²) in [6, 6.07) is 7.52. The van der Waals surface area contributed by atoms with Crippen LogP contribution in [-0.2, 0) is 16.4 Å². The van der Waals surface area contributed by atoms with Gasteiger partial charge in [-0.1, -0.05) is 35.0 Å². The molecule has 1 aliphatic rings. The van der Waals surface area contributed by atoms with Crippen LogP contribution in [0.5, 0.6) is 0 Å². The van der Waals surface area contributed by atoms with Gasteiger partial charge in [0.2, 0.25) is 15.9 Å². The largest absolute Gasteiger partial charge is 0.339 e. The van der Waals surface area contributed by atoms with E-state index in [-0.39, 0.29) is 10.8 Å². The van der Waals surface area contributed by atoms with Gasteiger partial charge in [0.1, 0.15) is 4.90 Å². The van der Waals surface area contributed by atoms with Crippen LogP contribution in [-0.4, -0.2) is 46.2 Å². The molecule has 10 heteroatoms. The molecule has 0 radical (unpaired) electrons. The molecule has 0 spiro atoms. The lowest BCUT2D eigenvalue weighted by Gasteiger charge is -2.30. The van der Waals surface area contributed by atoms with E-state index in [1.165, 1.54) is 4.31 Å². The zero-order valence-corrected chi connectivity index (χ0v) is 17.8. The van der Waals surface area contributed by atoms with Crippen LogP contribution in [0.3, 0.4) is 0 Å². The molecule has 1 atom stereocenters. The van der Waals surface area contributed by atoms with E-state index in [2.05, 4.69) is 20.3 Å². The van der Waals surface area contributed by atoms with Crippen LogP contribution in [0.2, 0.25) is 5.02 Å². The van der Waals surface area contributed by atoms with Gasteiger partial charge >= 0.3 is 0 Å². The molecule has 1 aliphatic heterocycles. The lowest BCUT2D eigenvalue weighted by molar-refractivity contribution is 0.265. The number of piperidine rings is 1. The molecular formula is C19H22ClN5O3S. The minimum Gasteiger partial charge on any atom is -0.339 e. The Hall–Kier alpha value is -2.23. The Morgan fingerprint density at radius 1 is 1.31 bits per heavy atom. The van der Waals surface area contributed by atoms with Gasteiger partial charge in [-0.3, -0.25) is 5.10 Å². The van der Waals surface area contributed by atoms with Crippen molar-refractivity contribution in [2.24, 2.45) is 0 Å². The van der Waals surface area contributed by atoms with Crippen LogP contribution in [0.4, 0.5) is 0 Å². The lowest BCUT2D eigenvalue weighted by Crippen LogP contribution is -2.39. The SMILES string of the molecule is Cc1n[nH]c(C)c1S(=O)(=O)N1CCCC(c2nc(Cc3ccccc3Cl)no2)C1. The van der Waals surface area contributed by atoms with Gasteiger partial charge in [-0.25, -0.2) is 8.42 Å². The maximum atomic E-state index is 13.1. The summed E-state index contributed by atoms with van der Waals surface area (Å²) in [6.07, 6.45) is 1.98. The molecule has 154 valence electrons. The minimum atomic E-state index is -3.64. The van der Waals surface area contributed by atoms with Crippen molar-refractivity contribution in [1.29, 1.82) is 0 Å². The first kappa shape index (κ1) is 20.1. The number of hydrogen-bond acceptors (Lipinski definition) is 6. The van der Waals surface area contributed by atoms with E-state index in [4.69, 9.17) is 16.1 Å². The Labute approximate surface area is 174 Å². The topological polar surface area (TPSA) is 105 Å². The number of aryl methyl sites for hydroxylation is 2. The number of benzene rings is 1. The molecule has 0 saturated carbocycles. The highest BCUT2D eigenvalue weighted by molar-refractivity contribution is 7.89. The van der Waals surface area contributed by atoms with Gasteiger partial charge < -0.3 is 4.52 Å². The summed E-state index contributed by atoms with van der Waals surface area (Å²) in [5, 5.41) is 11.5. The average Bonchev–Trinajstić information content (AvgIpc) is 3.30. The normalized spacial score (nSPS) is 18.2. The van der Waals surface area contributed by atoms with E-state index >= 15 is 0 Å². The molecule has 3 heterocycles. The Morgan fingerprint density at radius 3 is 2.83 bits per heavy atom. The maximum absolute atomic E-state index is 13.1. The highest BCUT2D eigenvalue weighted by Crippen LogP contribution is 2.31. The summed E-state index contributed by atoms with van der Waals surface area (Å²) in [5.41, 5.74) is 1.94. The first-order valence-corrected chi connectivity index (χ1v) is 11.3. The van der Waals surface area contributed by atoms with E-state index in [1.54, 1.807) is 13.8 Å². The number of nitrogens with zero attached hydrogens (tertiary/aromatic N) is 4. The molecule has 1 saturated heterocycles. The lowest BCUT2D eigenvalue weighted by atomic mass is 10.00. The first-order valence-electron chi connectivity index (χ1n) is 9.44. The summed E-state index contributed by atoms with van der Waals surface area (Å²) < 4.78 is 33.2. The maximum Gasteiger partial charge on any atom is 0.246 e. The van der Waals surface area contributed by atoms with Crippen LogP contribution in [0.15, 0.2) is 33.7 Å². The predicted octanol–water partition coefficient (Wildman–Crippen LogP) is 3.22. The van der Waals surface area contributed by atoms with E-state index in [1.807, 2.05) is 24.3 Å². The number of halogens is 1. The second kappa shape index (κ2) is 7.89. The zero-order chi connectivity index (χ0) is 20.6. The van der Waals surface area contributed by atoms with Crippen LogP contribution >= 0.6 is 11.6 Å². The van der Waals surface area contributed by atoms with Crippen molar-refractivity contribution in [3.8, 4) is 0 Å². The standard InChI is InChI=1S/C19H22ClN5O3S/c1-12-18(13(2)23-22-12)29(26,27)25-9-5-7-15(11-25)19-21-17(24-28-19)10-14-6-3-4-8-16(14)20/h3-4,6,8,15H,5,7,9-11H2,1-2H3,(H,22,23). The second-order valence-electron chi connectivity index (χ2n) is 7.28. The third-order valence-corrected chi connectivity index (χ3v) is 7.68. The van der Waals surface area contributed by atoms with E-state index in [9.17, 15) is 8.42 Å². The van der Waals surface area contributed by atoms with Gasteiger partial charge in [-0.05, 0) is 38.3 Å². The molecule has 1 fully saturated rings. The van der Waals surface area contributed by atoms with E-state index < -0.39 is 10.0 Å². The number of nitrogens with one attached hydrogen (secondary N) is 1. The van der Waals surface area contributed by atoms with Crippen molar-refractivity contribution in [3.05, 3.63) is 58.0 Å². The van der Waals surface area contributed by atoms with E-state index in [0.29, 0.717) is 47.6 Å². The molecule has 29 heavy (non-hydrogen) atoms. The monoisotopic (exact) mass is 435 g/mol. The van der Waals surface area contributed by atoms with Crippen LogP contribution < -0.4 is 0 Å². The van der Waals surface area contributed by atoms with Gasteiger partial charge in [0.25, 0.3) is 0 Å². The Balaban J connectivity index is 1.52. The summed E-state index contributed by atoms with van der Waals surface area (Å²) in [6.45, 7) is 4.17. The van der Waals surface area contributed by atoms with Crippen molar-refractivity contribution in [3.63, 3.8) is 0 Å². The average molecular weight is 436 g/mol. The summed E-state index contributed by atoms with van der Waals surface area (Å²) in [4.78, 5) is 4.76. The molecule has 1 unspecified atom stereocenters. The van der Waals surface area contributed by atoms with E-state index in [0.717, 1.165) is 18.4 Å². The van der Waals surface area contributed by atoms with Crippen molar-refractivity contribution in [2.45, 2.75) is 43.9 Å². The molecule has 1 aromatic carbocycles.